The zero-order chi connectivity index (χ0) is 22.5. The molecule has 0 aromatic carbocycles. The Kier molecular flexibility index (Phi) is 5.35. The van der Waals surface area contributed by atoms with Crippen LogP contribution in [-0.2, 0) is 11.8 Å². The summed E-state index contributed by atoms with van der Waals surface area (Å²) in [5, 5.41) is 4.30. The van der Waals surface area contributed by atoms with E-state index < -0.39 is 0 Å². The second-order valence-corrected chi connectivity index (χ2v) is 10.2. The fraction of sp³-hybridized carbons (Fsp3) is 0.625. The Morgan fingerprint density at radius 3 is 2.50 bits per heavy atom. The molecular weight excluding hydrogens is 402 g/mol. The summed E-state index contributed by atoms with van der Waals surface area (Å²) >= 11 is 0. The molecule has 1 atom stereocenters. The van der Waals surface area contributed by atoms with Crippen molar-refractivity contribution in [3.63, 3.8) is 0 Å². The van der Waals surface area contributed by atoms with Crippen LogP contribution in [0.5, 0.6) is 0 Å². The van der Waals surface area contributed by atoms with E-state index in [1.807, 2.05) is 38.0 Å². The first-order valence-corrected chi connectivity index (χ1v) is 11.7. The van der Waals surface area contributed by atoms with Crippen LogP contribution >= 0.6 is 0 Å². The summed E-state index contributed by atoms with van der Waals surface area (Å²) in [5.74, 6) is 1.14. The van der Waals surface area contributed by atoms with Crippen molar-refractivity contribution >= 4 is 17.1 Å². The van der Waals surface area contributed by atoms with Crippen molar-refractivity contribution in [2.75, 3.05) is 24.6 Å². The molecule has 170 valence electrons. The largest absolute Gasteiger partial charge is 0.370 e. The van der Waals surface area contributed by atoms with Gasteiger partial charge in [0.25, 0.3) is 0 Å². The molecule has 1 saturated heterocycles. The highest BCUT2D eigenvalue weighted by atomic mass is 16.5. The second kappa shape index (κ2) is 8.06. The van der Waals surface area contributed by atoms with Gasteiger partial charge in [0.15, 0.2) is 5.65 Å². The van der Waals surface area contributed by atoms with Gasteiger partial charge in [-0.05, 0) is 44.9 Å². The summed E-state index contributed by atoms with van der Waals surface area (Å²) in [5.41, 5.74) is 6.02. The van der Waals surface area contributed by atoms with Crippen LogP contribution in [0.15, 0.2) is 12.4 Å². The molecule has 5 rings (SSSR count). The number of aryl methyl sites for hydroxylation is 3. The highest BCUT2D eigenvalue weighted by Crippen LogP contribution is 2.43. The Morgan fingerprint density at radius 1 is 1.03 bits per heavy atom. The lowest BCUT2D eigenvalue weighted by molar-refractivity contribution is 0.0392. The molecule has 1 unspecified atom stereocenters. The number of hydrogen-bond donors (Lipinski definition) is 0. The lowest BCUT2D eigenvalue weighted by Gasteiger charge is -2.35. The molecule has 3 aromatic heterocycles. The summed E-state index contributed by atoms with van der Waals surface area (Å²) in [7, 11) is 1.93. The zero-order valence-corrected chi connectivity index (χ0v) is 19.8. The Balaban J connectivity index is 1.52. The average molecular weight is 436 g/mol. The van der Waals surface area contributed by atoms with Gasteiger partial charge in [0, 0.05) is 31.3 Å². The van der Waals surface area contributed by atoms with Gasteiger partial charge in [0.05, 0.1) is 36.4 Å². The van der Waals surface area contributed by atoms with E-state index in [4.69, 9.17) is 24.7 Å². The maximum Gasteiger partial charge on any atom is 0.227 e. The van der Waals surface area contributed by atoms with Crippen LogP contribution in [0.25, 0.3) is 11.2 Å². The number of morpholine rings is 1. The third-order valence-corrected chi connectivity index (χ3v) is 7.13. The van der Waals surface area contributed by atoms with Crippen molar-refractivity contribution in [2.45, 2.75) is 65.4 Å². The molecular formula is C24H33N7O. The summed E-state index contributed by atoms with van der Waals surface area (Å²) < 4.78 is 7.86. The molecule has 0 amide bonds. The highest BCUT2D eigenvalue weighted by molar-refractivity contribution is 5.75. The summed E-state index contributed by atoms with van der Waals surface area (Å²) in [6.45, 7) is 10.8. The number of fused-ring (bicyclic) bond motifs is 1. The Morgan fingerprint density at radius 2 is 1.78 bits per heavy atom. The van der Waals surface area contributed by atoms with Crippen LogP contribution < -0.4 is 4.90 Å². The minimum Gasteiger partial charge on any atom is -0.370 e. The normalized spacial score (nSPS) is 21.9. The molecule has 2 fully saturated rings. The molecule has 4 heterocycles. The minimum atomic E-state index is -0.0403. The molecule has 0 radical (unpaired) electrons. The van der Waals surface area contributed by atoms with Crippen molar-refractivity contribution in [3.8, 4) is 0 Å². The molecule has 8 heteroatoms. The van der Waals surface area contributed by atoms with E-state index in [1.54, 1.807) is 0 Å². The minimum absolute atomic E-state index is 0.0403. The maximum absolute atomic E-state index is 6.04. The van der Waals surface area contributed by atoms with Gasteiger partial charge in [-0.2, -0.15) is 10.1 Å². The summed E-state index contributed by atoms with van der Waals surface area (Å²) in [6, 6.07) is 0. The number of hydrogen-bond acceptors (Lipinski definition) is 7. The van der Waals surface area contributed by atoms with Gasteiger partial charge in [-0.1, -0.05) is 13.8 Å². The van der Waals surface area contributed by atoms with Gasteiger partial charge in [-0.25, -0.2) is 15.0 Å². The van der Waals surface area contributed by atoms with Crippen molar-refractivity contribution in [3.05, 3.63) is 35.0 Å². The lowest BCUT2D eigenvalue weighted by Crippen LogP contribution is -2.39. The topological polar surface area (TPSA) is 81.9 Å². The van der Waals surface area contributed by atoms with E-state index in [9.17, 15) is 0 Å². The molecule has 8 nitrogen and oxygen atoms in total. The standard InChI is InChI=1S/C24H33N7O/c1-15-16(2)27-22-21(26-15)20(17-6-8-24(3,4)9-7-17)28-23(29-22)31-10-11-32-19(14-31)18-12-25-30(5)13-18/h12-13,17,19H,6-11,14H2,1-5H3. The number of aromatic nitrogens is 6. The summed E-state index contributed by atoms with van der Waals surface area (Å²) in [4.78, 5) is 22.0. The lowest BCUT2D eigenvalue weighted by atomic mass is 9.72. The van der Waals surface area contributed by atoms with Crippen molar-refractivity contribution in [1.29, 1.82) is 0 Å². The van der Waals surface area contributed by atoms with Gasteiger partial charge in [0.1, 0.15) is 11.6 Å². The van der Waals surface area contributed by atoms with E-state index in [0.29, 0.717) is 30.1 Å². The molecule has 2 aliphatic rings. The molecule has 0 bridgehead atoms. The number of rotatable bonds is 3. The quantitative estimate of drug-likeness (QED) is 0.614. The molecule has 0 spiro atoms. The zero-order valence-electron chi connectivity index (χ0n) is 19.8. The number of anilines is 1. The van der Waals surface area contributed by atoms with E-state index in [1.165, 1.54) is 12.8 Å². The number of nitrogens with zero attached hydrogens (tertiary/aromatic N) is 7. The third-order valence-electron chi connectivity index (χ3n) is 7.13. The average Bonchev–Trinajstić information content (AvgIpc) is 3.21. The third kappa shape index (κ3) is 4.08. The number of ether oxygens (including phenoxy) is 1. The smallest absolute Gasteiger partial charge is 0.227 e. The van der Waals surface area contributed by atoms with Gasteiger partial charge in [0.2, 0.25) is 5.95 Å². The summed E-state index contributed by atoms with van der Waals surface area (Å²) in [6.07, 6.45) is 8.53. The SMILES string of the molecule is Cc1nc2nc(N3CCOC(c4cnn(C)c4)C3)nc(C3CCC(C)(C)CC3)c2nc1C. The maximum atomic E-state index is 6.04. The van der Waals surface area contributed by atoms with Crippen molar-refractivity contribution < 1.29 is 4.74 Å². The fourth-order valence-corrected chi connectivity index (χ4v) is 4.86. The van der Waals surface area contributed by atoms with E-state index in [2.05, 4.69) is 23.8 Å². The first-order chi connectivity index (χ1) is 15.3. The molecule has 1 aliphatic heterocycles. The first kappa shape index (κ1) is 21.2. The van der Waals surface area contributed by atoms with Crippen LogP contribution in [-0.4, -0.2) is 49.4 Å². The Bertz CT molecular complexity index is 1130. The Labute approximate surface area is 189 Å². The molecule has 0 N–H and O–H groups in total. The van der Waals surface area contributed by atoms with Gasteiger partial charge in [-0.3, -0.25) is 4.68 Å². The van der Waals surface area contributed by atoms with Crippen LogP contribution in [0.3, 0.4) is 0 Å². The molecule has 1 saturated carbocycles. The predicted octanol–water partition coefficient (Wildman–Crippen LogP) is 4.03. The monoisotopic (exact) mass is 435 g/mol. The van der Waals surface area contributed by atoms with Crippen molar-refractivity contribution in [1.82, 2.24) is 29.7 Å². The van der Waals surface area contributed by atoms with Crippen LogP contribution in [0.2, 0.25) is 0 Å². The van der Waals surface area contributed by atoms with Gasteiger partial charge < -0.3 is 9.64 Å². The molecule has 1 aliphatic carbocycles. The van der Waals surface area contributed by atoms with Gasteiger partial charge in [-0.15, -0.1) is 0 Å². The second-order valence-electron chi connectivity index (χ2n) is 10.2. The van der Waals surface area contributed by atoms with E-state index in [0.717, 1.165) is 53.5 Å². The van der Waals surface area contributed by atoms with E-state index >= 15 is 0 Å². The van der Waals surface area contributed by atoms with Crippen LogP contribution in [0.4, 0.5) is 5.95 Å². The van der Waals surface area contributed by atoms with Crippen LogP contribution in [0, 0.1) is 19.3 Å². The van der Waals surface area contributed by atoms with Crippen LogP contribution in [0.1, 0.15) is 74.2 Å². The fourth-order valence-electron chi connectivity index (χ4n) is 4.86. The van der Waals surface area contributed by atoms with E-state index in [-0.39, 0.29) is 6.10 Å². The Hall–Kier alpha value is -2.61. The first-order valence-electron chi connectivity index (χ1n) is 11.7. The highest BCUT2D eigenvalue weighted by Gasteiger charge is 2.32. The predicted molar refractivity (Wildman–Crippen MR) is 124 cm³/mol. The molecule has 3 aromatic rings. The van der Waals surface area contributed by atoms with Gasteiger partial charge >= 0.3 is 0 Å². The molecule has 32 heavy (non-hydrogen) atoms. The van der Waals surface area contributed by atoms with Crippen molar-refractivity contribution in [2.24, 2.45) is 12.5 Å².